The molecular weight excluding hydrogens is 254 g/mol. The molecule has 0 bridgehead atoms. The van der Waals surface area contributed by atoms with Crippen molar-refractivity contribution in [2.75, 3.05) is 12.4 Å². The highest BCUT2D eigenvalue weighted by molar-refractivity contribution is 5.99. The van der Waals surface area contributed by atoms with Gasteiger partial charge in [0, 0.05) is 18.3 Å². The summed E-state index contributed by atoms with van der Waals surface area (Å²) in [7, 11) is 1.60. The summed E-state index contributed by atoms with van der Waals surface area (Å²) >= 11 is 0. The van der Waals surface area contributed by atoms with Gasteiger partial charge in [-0.25, -0.2) is 0 Å². The third-order valence-electron chi connectivity index (χ3n) is 3.88. The molecule has 0 spiro atoms. The number of benzene rings is 1. The van der Waals surface area contributed by atoms with Gasteiger partial charge in [-0.2, -0.15) is 0 Å². The summed E-state index contributed by atoms with van der Waals surface area (Å²) in [6, 6.07) is 6.50. The van der Waals surface area contributed by atoms with Gasteiger partial charge in [-0.1, -0.05) is 38.5 Å². The van der Waals surface area contributed by atoms with Crippen LogP contribution in [0.1, 0.15) is 31.9 Å². The van der Waals surface area contributed by atoms with E-state index in [0.29, 0.717) is 5.69 Å². The molecule has 1 aromatic carbocycles. The fourth-order valence-corrected chi connectivity index (χ4v) is 2.44. The number of nitrogens with one attached hydrogen (secondary N) is 3. The maximum atomic E-state index is 12.3. The summed E-state index contributed by atoms with van der Waals surface area (Å²) in [6.07, 6.45) is 0.863. The highest BCUT2D eigenvalue weighted by Gasteiger charge is 2.34. The molecule has 5 heteroatoms. The number of hydrogen-bond donors (Lipinski definition) is 3. The Hall–Kier alpha value is -1.88. The average molecular weight is 275 g/mol. The van der Waals surface area contributed by atoms with Gasteiger partial charge in [0.1, 0.15) is 6.04 Å². The van der Waals surface area contributed by atoms with Crippen LogP contribution in [0.2, 0.25) is 0 Å². The van der Waals surface area contributed by atoms with E-state index in [4.69, 9.17) is 0 Å². The van der Waals surface area contributed by atoms with E-state index >= 15 is 0 Å². The van der Waals surface area contributed by atoms with Gasteiger partial charge in [0.25, 0.3) is 0 Å². The quantitative estimate of drug-likeness (QED) is 0.781. The molecule has 2 rings (SSSR count). The molecule has 1 aliphatic rings. The predicted molar refractivity (Wildman–Crippen MR) is 78.3 cm³/mol. The summed E-state index contributed by atoms with van der Waals surface area (Å²) in [6.45, 7) is 4.04. The fraction of sp³-hybridized carbons (Fsp3) is 0.467. The van der Waals surface area contributed by atoms with Crippen molar-refractivity contribution in [1.82, 2.24) is 10.6 Å². The second kappa shape index (κ2) is 6.05. The van der Waals surface area contributed by atoms with Crippen molar-refractivity contribution in [3.63, 3.8) is 0 Å². The Morgan fingerprint density at radius 3 is 2.75 bits per heavy atom. The minimum Gasteiger partial charge on any atom is -0.358 e. The van der Waals surface area contributed by atoms with Crippen molar-refractivity contribution >= 4 is 17.5 Å². The van der Waals surface area contributed by atoms with Crippen LogP contribution >= 0.6 is 0 Å². The molecule has 0 saturated carbocycles. The molecule has 1 heterocycles. The first-order chi connectivity index (χ1) is 9.58. The Bertz CT molecular complexity index is 516. The topological polar surface area (TPSA) is 70.2 Å². The Labute approximate surface area is 119 Å². The first-order valence-corrected chi connectivity index (χ1v) is 6.96. The largest absolute Gasteiger partial charge is 0.358 e. The van der Waals surface area contributed by atoms with Crippen LogP contribution in [-0.2, 0) is 9.59 Å². The molecule has 0 radical (unpaired) electrons. The normalized spacial score (nSPS) is 23.2. The molecule has 1 aliphatic heterocycles. The smallest absolute Gasteiger partial charge is 0.241 e. The summed E-state index contributed by atoms with van der Waals surface area (Å²) in [4.78, 5) is 24.5. The van der Waals surface area contributed by atoms with Crippen LogP contribution in [0.15, 0.2) is 24.3 Å². The lowest BCUT2D eigenvalue weighted by molar-refractivity contribution is -0.124. The lowest BCUT2D eigenvalue weighted by Gasteiger charge is -2.24. The van der Waals surface area contributed by atoms with Crippen LogP contribution in [0.5, 0.6) is 0 Å². The molecule has 20 heavy (non-hydrogen) atoms. The van der Waals surface area contributed by atoms with Crippen LogP contribution in [0.3, 0.4) is 0 Å². The molecule has 0 aliphatic carbocycles. The minimum absolute atomic E-state index is 0.0850. The molecule has 0 saturated heterocycles. The molecular formula is C15H21N3O2. The van der Waals surface area contributed by atoms with Crippen molar-refractivity contribution in [3.8, 4) is 0 Å². The second-order valence-corrected chi connectivity index (χ2v) is 5.15. The monoisotopic (exact) mass is 275 g/mol. The third kappa shape index (κ3) is 2.67. The summed E-state index contributed by atoms with van der Waals surface area (Å²) in [5.41, 5.74) is 1.50. The van der Waals surface area contributed by atoms with E-state index in [1.807, 2.05) is 38.1 Å². The summed E-state index contributed by atoms with van der Waals surface area (Å²) in [5.74, 6) is -0.0723. The number of carbonyl (C=O) groups is 2. The zero-order valence-corrected chi connectivity index (χ0v) is 12.1. The van der Waals surface area contributed by atoms with Gasteiger partial charge < -0.3 is 10.6 Å². The lowest BCUT2D eigenvalue weighted by Crippen LogP contribution is -2.47. The number of para-hydroxylation sites is 1. The Morgan fingerprint density at radius 1 is 1.40 bits per heavy atom. The average Bonchev–Trinajstić information content (AvgIpc) is 2.62. The summed E-state index contributed by atoms with van der Waals surface area (Å²) in [5, 5.41) is 8.77. The predicted octanol–water partition coefficient (Wildman–Crippen LogP) is 1.43. The van der Waals surface area contributed by atoms with E-state index in [-0.39, 0.29) is 23.8 Å². The van der Waals surface area contributed by atoms with E-state index in [1.54, 1.807) is 7.05 Å². The minimum atomic E-state index is -0.519. The molecule has 3 atom stereocenters. The molecule has 5 nitrogen and oxygen atoms in total. The lowest BCUT2D eigenvalue weighted by atomic mass is 9.97. The van der Waals surface area contributed by atoms with E-state index in [2.05, 4.69) is 16.0 Å². The highest BCUT2D eigenvalue weighted by atomic mass is 16.2. The van der Waals surface area contributed by atoms with Crippen molar-refractivity contribution in [2.45, 2.75) is 32.4 Å². The van der Waals surface area contributed by atoms with Crippen LogP contribution in [0.25, 0.3) is 0 Å². The Balaban J connectivity index is 2.42. The van der Waals surface area contributed by atoms with E-state index < -0.39 is 6.04 Å². The molecule has 108 valence electrons. The maximum absolute atomic E-state index is 12.3. The van der Waals surface area contributed by atoms with Crippen molar-refractivity contribution < 1.29 is 9.59 Å². The van der Waals surface area contributed by atoms with Gasteiger partial charge in [0.2, 0.25) is 11.8 Å². The van der Waals surface area contributed by atoms with Crippen LogP contribution in [-0.4, -0.2) is 24.9 Å². The zero-order valence-electron chi connectivity index (χ0n) is 12.1. The van der Waals surface area contributed by atoms with Crippen LogP contribution in [0, 0.1) is 5.92 Å². The van der Waals surface area contributed by atoms with Gasteiger partial charge >= 0.3 is 0 Å². The molecule has 3 N–H and O–H groups in total. The molecule has 0 aromatic heterocycles. The zero-order chi connectivity index (χ0) is 14.7. The van der Waals surface area contributed by atoms with Crippen molar-refractivity contribution in [3.05, 3.63) is 29.8 Å². The number of rotatable bonds is 3. The van der Waals surface area contributed by atoms with E-state index in [0.717, 1.165) is 12.0 Å². The first kappa shape index (κ1) is 14.5. The number of carbonyl (C=O) groups excluding carboxylic acids is 2. The van der Waals surface area contributed by atoms with E-state index in [9.17, 15) is 9.59 Å². The van der Waals surface area contributed by atoms with Crippen LogP contribution < -0.4 is 16.0 Å². The van der Waals surface area contributed by atoms with E-state index in [1.165, 1.54) is 0 Å². The van der Waals surface area contributed by atoms with Gasteiger partial charge in [0.05, 0.1) is 6.04 Å². The molecule has 2 amide bonds. The SMILES string of the molecule is CC[C@H](C)C1NC(C(=O)NC)c2ccccc2NC1=O. The first-order valence-electron chi connectivity index (χ1n) is 6.96. The third-order valence-corrected chi connectivity index (χ3v) is 3.88. The maximum Gasteiger partial charge on any atom is 0.241 e. The van der Waals surface area contributed by atoms with Gasteiger partial charge in [-0.15, -0.1) is 0 Å². The standard InChI is InChI=1S/C15H21N3O2/c1-4-9(2)12-15(20)17-11-8-6-5-7-10(11)13(18-12)14(19)16-3/h5-9,12-13,18H,4H2,1-3H3,(H,16,19)(H,17,20)/t9-,12?,13?/m0/s1. The Morgan fingerprint density at radius 2 is 2.10 bits per heavy atom. The van der Waals surface area contributed by atoms with Crippen LogP contribution in [0.4, 0.5) is 5.69 Å². The number of hydrogen-bond acceptors (Lipinski definition) is 3. The van der Waals surface area contributed by atoms with Gasteiger partial charge in [-0.3, -0.25) is 14.9 Å². The van der Waals surface area contributed by atoms with Gasteiger partial charge in [0.15, 0.2) is 0 Å². The van der Waals surface area contributed by atoms with Crippen molar-refractivity contribution in [2.24, 2.45) is 5.92 Å². The Kier molecular flexibility index (Phi) is 4.39. The highest BCUT2D eigenvalue weighted by Crippen LogP contribution is 2.28. The van der Waals surface area contributed by atoms with Crippen molar-refractivity contribution in [1.29, 1.82) is 0 Å². The number of likely N-dealkylation sites (N-methyl/N-ethyl adjacent to an activating group) is 1. The van der Waals surface area contributed by atoms with Gasteiger partial charge in [-0.05, 0) is 12.0 Å². The number of fused-ring (bicyclic) bond motifs is 1. The second-order valence-electron chi connectivity index (χ2n) is 5.15. The molecule has 2 unspecified atom stereocenters. The summed E-state index contributed by atoms with van der Waals surface area (Å²) < 4.78 is 0. The molecule has 0 fully saturated rings. The fourth-order valence-electron chi connectivity index (χ4n) is 2.44. The number of amides is 2. The number of anilines is 1. The molecule has 1 aromatic rings.